The van der Waals surface area contributed by atoms with Crippen molar-refractivity contribution < 1.29 is 9.47 Å². The van der Waals surface area contributed by atoms with Crippen LogP contribution in [0.15, 0.2) is 23.8 Å². The van der Waals surface area contributed by atoms with Gasteiger partial charge in [-0.15, -0.1) is 0 Å². The van der Waals surface area contributed by atoms with Crippen LogP contribution in [0.1, 0.15) is 44.1 Å². The Bertz CT molecular complexity index is 552. The Morgan fingerprint density at radius 1 is 1.24 bits per heavy atom. The van der Waals surface area contributed by atoms with Crippen LogP contribution in [0, 0.1) is 5.92 Å². The van der Waals surface area contributed by atoms with E-state index in [4.69, 9.17) is 21.1 Å². The van der Waals surface area contributed by atoms with Gasteiger partial charge in [0.05, 0.1) is 12.7 Å². The molecule has 2 fully saturated rings. The van der Waals surface area contributed by atoms with Crippen LogP contribution in [0.2, 0.25) is 5.02 Å². The van der Waals surface area contributed by atoms with Crippen LogP contribution in [0.3, 0.4) is 0 Å². The van der Waals surface area contributed by atoms with Gasteiger partial charge in [0.15, 0.2) is 0 Å². The number of halogens is 1. The SMILES string of the molecule is COc1cc(Cl)cc(C=C2CCC3CCCC2(OC)C3)c1. The average Bonchev–Trinajstić information content (AvgIpc) is 2.50. The summed E-state index contributed by atoms with van der Waals surface area (Å²) in [6, 6.07) is 5.87. The number of methoxy groups -OCH3 is 2. The molecule has 1 aromatic rings. The molecule has 0 saturated heterocycles. The normalized spacial score (nSPS) is 30.4. The Labute approximate surface area is 132 Å². The van der Waals surface area contributed by atoms with E-state index in [1.54, 1.807) is 7.11 Å². The van der Waals surface area contributed by atoms with Crippen LogP contribution < -0.4 is 4.74 Å². The number of rotatable bonds is 3. The minimum absolute atomic E-state index is 0.0449. The molecule has 0 amide bonds. The Hall–Kier alpha value is -0.990. The molecule has 2 atom stereocenters. The van der Waals surface area contributed by atoms with E-state index in [1.165, 1.54) is 31.3 Å². The predicted molar refractivity (Wildman–Crippen MR) is 86.9 cm³/mol. The van der Waals surface area contributed by atoms with Gasteiger partial charge >= 0.3 is 0 Å². The molecule has 0 heterocycles. The van der Waals surface area contributed by atoms with E-state index in [1.807, 2.05) is 25.3 Å². The van der Waals surface area contributed by atoms with Crippen molar-refractivity contribution in [1.82, 2.24) is 0 Å². The zero-order valence-corrected chi connectivity index (χ0v) is 13.6. The van der Waals surface area contributed by atoms with Crippen LogP contribution in [-0.4, -0.2) is 19.8 Å². The van der Waals surface area contributed by atoms with Gasteiger partial charge in [0, 0.05) is 12.1 Å². The van der Waals surface area contributed by atoms with E-state index >= 15 is 0 Å². The molecule has 2 unspecified atom stereocenters. The number of benzene rings is 1. The van der Waals surface area contributed by atoms with Crippen LogP contribution in [0.5, 0.6) is 5.75 Å². The van der Waals surface area contributed by atoms with E-state index in [9.17, 15) is 0 Å². The third-order valence-corrected chi connectivity index (χ3v) is 5.30. The van der Waals surface area contributed by atoms with Crippen molar-refractivity contribution in [1.29, 1.82) is 0 Å². The fraction of sp³-hybridized carbons (Fsp3) is 0.556. The van der Waals surface area contributed by atoms with Gasteiger partial charge in [-0.05, 0) is 67.4 Å². The van der Waals surface area contributed by atoms with Crippen molar-refractivity contribution in [2.24, 2.45) is 5.92 Å². The highest BCUT2D eigenvalue weighted by Crippen LogP contribution is 2.48. The molecule has 0 radical (unpaired) electrons. The summed E-state index contributed by atoms with van der Waals surface area (Å²) in [6.07, 6.45) is 9.63. The summed E-state index contributed by atoms with van der Waals surface area (Å²) in [7, 11) is 3.53. The van der Waals surface area contributed by atoms with Crippen molar-refractivity contribution >= 4 is 17.7 Å². The Balaban J connectivity index is 1.95. The second kappa shape index (κ2) is 6.02. The van der Waals surface area contributed by atoms with Gasteiger partial charge in [-0.3, -0.25) is 0 Å². The quantitative estimate of drug-likeness (QED) is 0.773. The lowest BCUT2D eigenvalue weighted by Crippen LogP contribution is -2.42. The minimum Gasteiger partial charge on any atom is -0.497 e. The molecule has 2 aliphatic rings. The van der Waals surface area contributed by atoms with Crippen molar-refractivity contribution in [3.8, 4) is 5.75 Å². The lowest BCUT2D eigenvalue weighted by molar-refractivity contribution is -0.0405. The number of hydrogen-bond donors (Lipinski definition) is 0. The molecule has 0 spiro atoms. The van der Waals surface area contributed by atoms with Gasteiger partial charge in [-0.2, -0.15) is 0 Å². The predicted octanol–water partition coefficient (Wildman–Crippen LogP) is 5.10. The summed E-state index contributed by atoms with van der Waals surface area (Å²) in [5.41, 5.74) is 2.48. The second-order valence-electron chi connectivity index (χ2n) is 6.29. The van der Waals surface area contributed by atoms with Crippen molar-refractivity contribution in [3.05, 3.63) is 34.4 Å². The first-order chi connectivity index (χ1) is 10.1. The maximum absolute atomic E-state index is 6.18. The first kappa shape index (κ1) is 14.9. The van der Waals surface area contributed by atoms with Gasteiger partial charge < -0.3 is 9.47 Å². The van der Waals surface area contributed by atoms with Gasteiger partial charge in [0.1, 0.15) is 5.75 Å². The highest BCUT2D eigenvalue weighted by Gasteiger charge is 2.42. The summed E-state index contributed by atoms with van der Waals surface area (Å²) in [4.78, 5) is 0. The monoisotopic (exact) mass is 306 g/mol. The molecular weight excluding hydrogens is 284 g/mol. The highest BCUT2D eigenvalue weighted by atomic mass is 35.5. The molecular formula is C18H23ClO2. The molecule has 3 rings (SSSR count). The molecule has 2 bridgehead atoms. The van der Waals surface area contributed by atoms with Gasteiger partial charge in [-0.25, -0.2) is 0 Å². The van der Waals surface area contributed by atoms with Gasteiger partial charge in [-0.1, -0.05) is 24.1 Å². The Morgan fingerprint density at radius 3 is 2.86 bits per heavy atom. The van der Waals surface area contributed by atoms with Crippen LogP contribution in [-0.2, 0) is 4.74 Å². The zero-order valence-electron chi connectivity index (χ0n) is 12.8. The molecule has 3 heteroatoms. The Morgan fingerprint density at radius 2 is 2.10 bits per heavy atom. The van der Waals surface area contributed by atoms with Crippen LogP contribution >= 0.6 is 11.6 Å². The number of ether oxygens (including phenoxy) is 2. The molecule has 2 aliphatic carbocycles. The summed E-state index contributed by atoms with van der Waals surface area (Å²) in [5, 5.41) is 0.713. The maximum atomic E-state index is 6.18. The van der Waals surface area contributed by atoms with Gasteiger partial charge in [0.25, 0.3) is 0 Å². The standard InChI is InChI=1S/C18H23ClO2/c1-20-17-10-14(9-16(19)11-17)8-15-6-5-13-4-3-7-18(15,12-13)21-2/h8-11,13H,3-7,12H2,1-2H3. The minimum atomic E-state index is -0.0449. The third kappa shape index (κ3) is 2.97. The van der Waals surface area contributed by atoms with Crippen LogP contribution in [0.25, 0.3) is 6.08 Å². The number of hydrogen-bond acceptors (Lipinski definition) is 2. The number of fused-ring (bicyclic) bond motifs is 2. The van der Waals surface area contributed by atoms with Crippen molar-refractivity contribution in [2.45, 2.75) is 44.1 Å². The topological polar surface area (TPSA) is 18.5 Å². The summed E-state index contributed by atoms with van der Waals surface area (Å²) >= 11 is 6.18. The first-order valence-corrected chi connectivity index (χ1v) is 8.14. The molecule has 0 aromatic heterocycles. The van der Waals surface area contributed by atoms with Gasteiger partial charge in [0.2, 0.25) is 0 Å². The van der Waals surface area contributed by atoms with E-state index in [0.29, 0.717) is 5.02 Å². The molecule has 2 saturated carbocycles. The lowest BCUT2D eigenvalue weighted by atomic mass is 9.66. The van der Waals surface area contributed by atoms with E-state index < -0.39 is 0 Å². The second-order valence-corrected chi connectivity index (χ2v) is 6.73. The molecule has 0 N–H and O–H groups in total. The van der Waals surface area contributed by atoms with E-state index in [0.717, 1.165) is 30.1 Å². The highest BCUT2D eigenvalue weighted by molar-refractivity contribution is 6.30. The average molecular weight is 307 g/mol. The Kier molecular flexibility index (Phi) is 4.28. The fourth-order valence-electron chi connectivity index (χ4n) is 3.98. The molecule has 2 nitrogen and oxygen atoms in total. The van der Waals surface area contributed by atoms with E-state index in [-0.39, 0.29) is 5.60 Å². The summed E-state index contributed by atoms with van der Waals surface area (Å²) in [5.74, 6) is 1.64. The zero-order chi connectivity index (χ0) is 14.9. The maximum Gasteiger partial charge on any atom is 0.120 e. The lowest BCUT2D eigenvalue weighted by Gasteiger charge is -2.46. The largest absolute Gasteiger partial charge is 0.497 e. The molecule has 0 aliphatic heterocycles. The molecule has 114 valence electrons. The smallest absolute Gasteiger partial charge is 0.120 e. The molecule has 1 aromatic carbocycles. The van der Waals surface area contributed by atoms with Crippen molar-refractivity contribution in [2.75, 3.05) is 14.2 Å². The third-order valence-electron chi connectivity index (χ3n) is 5.08. The van der Waals surface area contributed by atoms with Crippen molar-refractivity contribution in [3.63, 3.8) is 0 Å². The van der Waals surface area contributed by atoms with E-state index in [2.05, 4.69) is 6.08 Å². The summed E-state index contributed by atoms with van der Waals surface area (Å²) in [6.45, 7) is 0. The fourth-order valence-corrected chi connectivity index (χ4v) is 4.21. The first-order valence-electron chi connectivity index (χ1n) is 7.76. The molecule has 21 heavy (non-hydrogen) atoms. The summed E-state index contributed by atoms with van der Waals surface area (Å²) < 4.78 is 11.3. The van der Waals surface area contributed by atoms with Crippen LogP contribution in [0.4, 0.5) is 0 Å².